The molecule has 5 heteroatoms. The lowest BCUT2D eigenvalue weighted by Gasteiger charge is -2.15. The van der Waals surface area contributed by atoms with Gasteiger partial charge in [-0.15, -0.1) is 0 Å². The number of carbonyl (C=O) groups is 2. The summed E-state index contributed by atoms with van der Waals surface area (Å²) in [5.41, 5.74) is 0.324. The molecule has 1 unspecified atom stereocenters. The summed E-state index contributed by atoms with van der Waals surface area (Å²) in [5.74, 6) is -0.376. The van der Waals surface area contributed by atoms with Crippen molar-refractivity contribution in [3.8, 4) is 0 Å². The number of hydrogen-bond donors (Lipinski definition) is 3. The van der Waals surface area contributed by atoms with Gasteiger partial charge < -0.3 is 15.7 Å². The van der Waals surface area contributed by atoms with Crippen LogP contribution in [0.25, 0.3) is 0 Å². The normalized spacial score (nSPS) is 17.6. The monoisotopic (exact) mass is 270 g/mol. The molecule has 0 saturated heterocycles. The van der Waals surface area contributed by atoms with Gasteiger partial charge in [-0.05, 0) is 37.0 Å². The molecule has 0 aliphatic heterocycles. The van der Waals surface area contributed by atoms with E-state index in [-0.39, 0.29) is 12.5 Å². The highest BCUT2D eigenvalue weighted by atomic mass is 16.4. The molecule has 1 fully saturated rings. The zero-order valence-corrected chi connectivity index (χ0v) is 12.0. The second-order valence-corrected chi connectivity index (χ2v) is 5.92. The minimum Gasteiger partial charge on any atom is -0.481 e. The van der Waals surface area contributed by atoms with Gasteiger partial charge in [0.15, 0.2) is 0 Å². The summed E-state index contributed by atoms with van der Waals surface area (Å²) < 4.78 is 0. The molecule has 0 spiro atoms. The number of carboxylic acids is 1. The molecule has 0 heterocycles. The number of carboxylic acid groups (broad SMARTS) is 1. The van der Waals surface area contributed by atoms with Crippen molar-refractivity contribution in [1.29, 1.82) is 0 Å². The van der Waals surface area contributed by atoms with E-state index in [0.29, 0.717) is 24.3 Å². The van der Waals surface area contributed by atoms with Crippen LogP contribution in [0.5, 0.6) is 0 Å². The van der Waals surface area contributed by atoms with E-state index in [1.807, 2.05) is 0 Å². The number of nitrogens with one attached hydrogen (secondary N) is 2. The molecule has 5 nitrogen and oxygen atoms in total. The fraction of sp³-hybridized carbons (Fsp3) is 0.857. The van der Waals surface area contributed by atoms with Gasteiger partial charge in [-0.25, -0.2) is 4.79 Å². The molecule has 0 aromatic carbocycles. The van der Waals surface area contributed by atoms with Gasteiger partial charge in [0.1, 0.15) is 0 Å². The van der Waals surface area contributed by atoms with Gasteiger partial charge in [-0.2, -0.15) is 0 Å². The highest BCUT2D eigenvalue weighted by Crippen LogP contribution is 2.43. The largest absolute Gasteiger partial charge is 0.481 e. The zero-order valence-electron chi connectivity index (χ0n) is 12.0. The van der Waals surface area contributed by atoms with Crippen molar-refractivity contribution < 1.29 is 14.7 Å². The Morgan fingerprint density at radius 3 is 2.47 bits per heavy atom. The predicted octanol–water partition coefficient (Wildman–Crippen LogP) is 2.37. The van der Waals surface area contributed by atoms with Crippen LogP contribution in [-0.4, -0.2) is 30.2 Å². The lowest BCUT2D eigenvalue weighted by atomic mass is 9.97. The number of amides is 2. The smallest absolute Gasteiger partial charge is 0.314 e. The first-order valence-electron chi connectivity index (χ1n) is 7.19. The van der Waals surface area contributed by atoms with E-state index in [0.717, 1.165) is 19.4 Å². The molecule has 1 saturated carbocycles. The Bertz CT molecular complexity index is 314. The first-order valence-corrected chi connectivity index (χ1v) is 7.19. The highest BCUT2D eigenvalue weighted by Gasteiger charge is 2.37. The van der Waals surface area contributed by atoms with Gasteiger partial charge in [0.2, 0.25) is 0 Å². The van der Waals surface area contributed by atoms with Crippen LogP contribution < -0.4 is 10.6 Å². The topological polar surface area (TPSA) is 78.4 Å². The van der Waals surface area contributed by atoms with E-state index in [9.17, 15) is 9.59 Å². The van der Waals surface area contributed by atoms with Crippen molar-refractivity contribution in [2.75, 3.05) is 13.1 Å². The molecule has 110 valence electrons. The molecule has 3 N–H and O–H groups in total. The quantitative estimate of drug-likeness (QED) is 0.602. The molecule has 1 atom stereocenters. The van der Waals surface area contributed by atoms with Crippen LogP contribution in [0.1, 0.15) is 52.4 Å². The maximum Gasteiger partial charge on any atom is 0.314 e. The van der Waals surface area contributed by atoms with Gasteiger partial charge in [-0.3, -0.25) is 4.79 Å². The third-order valence-corrected chi connectivity index (χ3v) is 3.96. The van der Waals surface area contributed by atoms with E-state index in [1.54, 1.807) is 0 Å². The maximum atomic E-state index is 11.5. The Morgan fingerprint density at radius 1 is 1.26 bits per heavy atom. The number of urea groups is 1. The second-order valence-electron chi connectivity index (χ2n) is 5.92. The van der Waals surface area contributed by atoms with Gasteiger partial charge in [0.05, 0.1) is 0 Å². The van der Waals surface area contributed by atoms with Gasteiger partial charge in [0.25, 0.3) is 0 Å². The van der Waals surface area contributed by atoms with Crippen molar-refractivity contribution >= 4 is 12.0 Å². The summed E-state index contributed by atoms with van der Waals surface area (Å²) in [5, 5.41) is 14.4. The van der Waals surface area contributed by atoms with E-state index in [1.165, 1.54) is 12.8 Å². The first-order chi connectivity index (χ1) is 8.95. The van der Waals surface area contributed by atoms with Crippen molar-refractivity contribution in [2.24, 2.45) is 11.3 Å². The standard InChI is InChI=1S/C14H26N2O3/c1-3-11(4-5-12(17)18)6-9-15-13(19)16-10-14(2)7-8-14/h11H,3-10H2,1-2H3,(H,17,18)(H2,15,16,19). The third kappa shape index (κ3) is 7.03. The number of aliphatic carboxylic acids is 1. The third-order valence-electron chi connectivity index (χ3n) is 3.96. The van der Waals surface area contributed by atoms with Crippen molar-refractivity contribution in [1.82, 2.24) is 10.6 Å². The van der Waals surface area contributed by atoms with Gasteiger partial charge >= 0.3 is 12.0 Å². The second kappa shape index (κ2) is 7.36. The number of rotatable bonds is 9. The van der Waals surface area contributed by atoms with Gasteiger partial charge in [-0.1, -0.05) is 20.3 Å². The molecule has 19 heavy (non-hydrogen) atoms. The lowest BCUT2D eigenvalue weighted by Crippen LogP contribution is -2.39. The van der Waals surface area contributed by atoms with Crippen molar-refractivity contribution in [2.45, 2.75) is 52.4 Å². The lowest BCUT2D eigenvalue weighted by molar-refractivity contribution is -0.137. The summed E-state index contributed by atoms with van der Waals surface area (Å²) in [7, 11) is 0. The molecule has 2 amide bonds. The van der Waals surface area contributed by atoms with Crippen LogP contribution in [-0.2, 0) is 4.79 Å². The van der Waals surface area contributed by atoms with Crippen LogP contribution >= 0.6 is 0 Å². The van der Waals surface area contributed by atoms with Crippen LogP contribution in [0.4, 0.5) is 4.79 Å². The van der Waals surface area contributed by atoms with E-state index in [4.69, 9.17) is 5.11 Å². The van der Waals surface area contributed by atoms with E-state index in [2.05, 4.69) is 24.5 Å². The Balaban J connectivity index is 2.06. The minimum atomic E-state index is -0.748. The summed E-state index contributed by atoms with van der Waals surface area (Å²) in [6, 6.07) is -0.110. The number of carbonyl (C=O) groups excluding carboxylic acids is 1. The molecule has 1 aliphatic rings. The van der Waals surface area contributed by atoms with Crippen molar-refractivity contribution in [3.05, 3.63) is 0 Å². The molecular weight excluding hydrogens is 244 g/mol. The highest BCUT2D eigenvalue weighted by molar-refractivity contribution is 5.73. The van der Waals surface area contributed by atoms with E-state index >= 15 is 0 Å². The Labute approximate surface area is 115 Å². The molecular formula is C14H26N2O3. The fourth-order valence-corrected chi connectivity index (χ4v) is 2.02. The van der Waals surface area contributed by atoms with Crippen LogP contribution in [0.2, 0.25) is 0 Å². The summed E-state index contributed by atoms with van der Waals surface area (Å²) in [4.78, 5) is 22.0. The Morgan fingerprint density at radius 2 is 1.95 bits per heavy atom. The van der Waals surface area contributed by atoms with Crippen LogP contribution in [0.15, 0.2) is 0 Å². The average Bonchev–Trinajstić information content (AvgIpc) is 3.09. The fourth-order valence-electron chi connectivity index (χ4n) is 2.02. The summed E-state index contributed by atoms with van der Waals surface area (Å²) >= 11 is 0. The Hall–Kier alpha value is -1.26. The first kappa shape index (κ1) is 15.8. The molecule has 1 aliphatic carbocycles. The van der Waals surface area contributed by atoms with Crippen LogP contribution in [0.3, 0.4) is 0 Å². The maximum absolute atomic E-state index is 11.5. The molecule has 0 bridgehead atoms. The average molecular weight is 270 g/mol. The molecule has 1 rings (SSSR count). The van der Waals surface area contributed by atoms with Gasteiger partial charge in [0, 0.05) is 19.5 Å². The Kier molecular flexibility index (Phi) is 6.12. The summed E-state index contributed by atoms with van der Waals surface area (Å²) in [6.45, 7) is 5.59. The zero-order chi connectivity index (χ0) is 14.3. The molecule has 0 aromatic rings. The van der Waals surface area contributed by atoms with Crippen molar-refractivity contribution in [3.63, 3.8) is 0 Å². The molecule has 0 aromatic heterocycles. The summed E-state index contributed by atoms with van der Waals surface area (Å²) in [6.07, 6.45) is 5.08. The minimum absolute atomic E-state index is 0.110. The van der Waals surface area contributed by atoms with Crippen LogP contribution in [0, 0.1) is 11.3 Å². The molecule has 0 radical (unpaired) electrons. The number of hydrogen-bond acceptors (Lipinski definition) is 2. The SMILES string of the molecule is CCC(CCNC(=O)NCC1(C)CC1)CCC(=O)O. The van der Waals surface area contributed by atoms with E-state index < -0.39 is 5.97 Å². The predicted molar refractivity (Wildman–Crippen MR) is 74.0 cm³/mol.